The second-order valence-corrected chi connectivity index (χ2v) is 8.29. The molecule has 0 aliphatic carbocycles. The van der Waals surface area contributed by atoms with Crippen molar-refractivity contribution in [3.05, 3.63) is 72.3 Å². The Balaban J connectivity index is 1.53. The summed E-state index contributed by atoms with van der Waals surface area (Å²) in [7, 11) is 3.97. The molecule has 0 fully saturated rings. The summed E-state index contributed by atoms with van der Waals surface area (Å²) >= 11 is 0. The summed E-state index contributed by atoms with van der Waals surface area (Å²) in [6, 6.07) is 16.7. The summed E-state index contributed by atoms with van der Waals surface area (Å²) < 4.78 is 8.12. The van der Waals surface area contributed by atoms with Crippen LogP contribution in [0.4, 0.5) is 11.5 Å². The fraction of sp³-hybridized carbons (Fsp3) is 0.154. The van der Waals surface area contributed by atoms with Gasteiger partial charge in [0, 0.05) is 43.8 Å². The third-order valence-corrected chi connectivity index (χ3v) is 6.19. The Bertz CT molecular complexity index is 1540. The van der Waals surface area contributed by atoms with Crippen LogP contribution in [0.5, 0.6) is 11.8 Å². The summed E-state index contributed by atoms with van der Waals surface area (Å²) in [5.74, 6) is 1.52. The molecule has 0 spiro atoms. The van der Waals surface area contributed by atoms with Crippen molar-refractivity contribution in [3.8, 4) is 34.1 Å². The first-order chi connectivity index (χ1) is 16.6. The van der Waals surface area contributed by atoms with Crippen LogP contribution < -0.4 is 15.4 Å². The third-order valence-electron chi connectivity index (χ3n) is 6.19. The topological polar surface area (TPSA) is 89.8 Å². The van der Waals surface area contributed by atoms with Gasteiger partial charge < -0.3 is 19.9 Å². The number of benzene rings is 2. The maximum atomic E-state index is 5.97. The van der Waals surface area contributed by atoms with E-state index in [1.807, 2.05) is 32.2 Å². The van der Waals surface area contributed by atoms with Gasteiger partial charge in [-0.2, -0.15) is 0 Å². The minimum absolute atomic E-state index is 0.336. The normalized spacial score (nSPS) is 12.1. The molecule has 6 rings (SSSR count). The van der Waals surface area contributed by atoms with E-state index in [0.717, 1.165) is 56.2 Å². The number of fused-ring (bicyclic) bond motifs is 2. The van der Waals surface area contributed by atoms with E-state index in [4.69, 9.17) is 4.74 Å². The molecule has 0 unspecified atom stereocenters. The molecule has 0 saturated heterocycles. The Morgan fingerprint density at radius 3 is 2.68 bits per heavy atom. The fourth-order valence-electron chi connectivity index (χ4n) is 4.56. The van der Waals surface area contributed by atoms with Crippen molar-refractivity contribution in [2.24, 2.45) is 7.05 Å². The van der Waals surface area contributed by atoms with Crippen LogP contribution in [0.25, 0.3) is 33.4 Å². The van der Waals surface area contributed by atoms with Crippen LogP contribution in [0.15, 0.2) is 61.1 Å². The molecule has 0 atom stereocenters. The molecule has 34 heavy (non-hydrogen) atoms. The van der Waals surface area contributed by atoms with Gasteiger partial charge >= 0.3 is 6.01 Å². The van der Waals surface area contributed by atoms with Crippen LogP contribution in [0.2, 0.25) is 0 Å². The highest BCUT2D eigenvalue weighted by molar-refractivity contribution is 6.09. The molecule has 3 aromatic heterocycles. The van der Waals surface area contributed by atoms with E-state index in [2.05, 4.69) is 72.5 Å². The Morgan fingerprint density at radius 1 is 1.03 bits per heavy atom. The summed E-state index contributed by atoms with van der Waals surface area (Å²) in [4.78, 5) is 17.8. The van der Waals surface area contributed by atoms with Crippen molar-refractivity contribution in [2.75, 3.05) is 17.7 Å². The second kappa shape index (κ2) is 7.84. The van der Waals surface area contributed by atoms with Crippen molar-refractivity contribution in [2.45, 2.75) is 13.5 Å². The minimum Gasteiger partial charge on any atom is -0.424 e. The van der Waals surface area contributed by atoms with E-state index in [1.54, 1.807) is 12.5 Å². The molecule has 8 nitrogen and oxygen atoms in total. The molecule has 4 heterocycles. The van der Waals surface area contributed by atoms with Gasteiger partial charge in [-0.1, -0.05) is 18.2 Å². The van der Waals surface area contributed by atoms with E-state index < -0.39 is 0 Å². The van der Waals surface area contributed by atoms with Gasteiger partial charge in [0.05, 0.1) is 11.1 Å². The first-order valence-electron chi connectivity index (χ1n) is 11.1. The Morgan fingerprint density at radius 2 is 1.88 bits per heavy atom. The second-order valence-electron chi connectivity index (χ2n) is 8.29. The van der Waals surface area contributed by atoms with Crippen molar-refractivity contribution in [1.29, 1.82) is 0 Å². The predicted octanol–water partition coefficient (Wildman–Crippen LogP) is 5.16. The monoisotopic (exact) mass is 449 g/mol. The highest BCUT2D eigenvalue weighted by atomic mass is 16.5. The highest BCUT2D eigenvalue weighted by Gasteiger charge is 2.26. The number of hydrogen-bond acceptors (Lipinski definition) is 7. The van der Waals surface area contributed by atoms with Gasteiger partial charge in [0.2, 0.25) is 0 Å². The first kappa shape index (κ1) is 20.2. The third kappa shape index (κ3) is 3.23. The molecule has 1 aliphatic heterocycles. The minimum atomic E-state index is 0.336. The van der Waals surface area contributed by atoms with Crippen molar-refractivity contribution >= 4 is 22.5 Å². The summed E-state index contributed by atoms with van der Waals surface area (Å²) in [6.07, 6.45) is 3.31. The molecule has 1 aliphatic rings. The summed E-state index contributed by atoms with van der Waals surface area (Å²) in [6.45, 7) is 2.53. The Kier molecular flexibility index (Phi) is 4.65. The standard InChI is InChI=1S/C26H23N7O/c1-15-10-11-28-26(32-15)34-19-8-9-20-17(12-19)13-29-24-22-21(20)23(33(3)25(22)31-14-30-24)16-4-6-18(27-2)7-5-16/h4-12,14,27H,13H2,1-3H3,(H,29,30,31). The number of anilines is 2. The van der Waals surface area contributed by atoms with Crippen LogP contribution >= 0.6 is 0 Å². The van der Waals surface area contributed by atoms with Gasteiger partial charge in [-0.3, -0.25) is 0 Å². The zero-order valence-electron chi connectivity index (χ0n) is 19.1. The lowest BCUT2D eigenvalue weighted by atomic mass is 9.95. The van der Waals surface area contributed by atoms with Crippen molar-refractivity contribution in [1.82, 2.24) is 24.5 Å². The Labute approximate surface area is 196 Å². The number of aryl methyl sites for hydroxylation is 2. The summed E-state index contributed by atoms with van der Waals surface area (Å²) in [5.41, 5.74) is 8.36. The molecule has 168 valence electrons. The van der Waals surface area contributed by atoms with Gasteiger partial charge in [0.15, 0.2) is 0 Å². The van der Waals surface area contributed by atoms with Gasteiger partial charge in [-0.25, -0.2) is 19.9 Å². The zero-order valence-corrected chi connectivity index (χ0v) is 19.1. The average molecular weight is 450 g/mol. The van der Waals surface area contributed by atoms with Crippen LogP contribution in [0.3, 0.4) is 0 Å². The lowest BCUT2D eigenvalue weighted by Crippen LogP contribution is -2.03. The summed E-state index contributed by atoms with van der Waals surface area (Å²) in [5, 5.41) is 7.70. The van der Waals surface area contributed by atoms with Crippen molar-refractivity contribution in [3.63, 3.8) is 0 Å². The molecule has 5 aromatic rings. The average Bonchev–Trinajstić information content (AvgIpc) is 3.05. The van der Waals surface area contributed by atoms with Gasteiger partial charge in [0.25, 0.3) is 0 Å². The smallest absolute Gasteiger partial charge is 0.322 e. The number of aromatic nitrogens is 5. The van der Waals surface area contributed by atoms with E-state index in [1.165, 1.54) is 0 Å². The number of rotatable bonds is 4. The molecule has 0 radical (unpaired) electrons. The largest absolute Gasteiger partial charge is 0.424 e. The Hall–Kier alpha value is -4.46. The van der Waals surface area contributed by atoms with Gasteiger partial charge in [-0.05, 0) is 53.9 Å². The number of ether oxygens (including phenoxy) is 1. The molecule has 2 aromatic carbocycles. The SMILES string of the molecule is CNc1ccc(-c2c3c4c(ncnc4n2C)NCc2cc(Oc4nccc(C)n4)ccc2-3)cc1. The van der Waals surface area contributed by atoms with E-state index in [0.29, 0.717) is 18.3 Å². The molecule has 0 saturated carbocycles. The number of hydrogen-bond donors (Lipinski definition) is 2. The molecule has 0 amide bonds. The van der Waals surface area contributed by atoms with E-state index >= 15 is 0 Å². The lowest BCUT2D eigenvalue weighted by molar-refractivity contribution is 0.440. The fourth-order valence-corrected chi connectivity index (χ4v) is 4.56. The van der Waals surface area contributed by atoms with Gasteiger partial charge in [0.1, 0.15) is 23.5 Å². The lowest BCUT2D eigenvalue weighted by Gasteiger charge is -2.13. The highest BCUT2D eigenvalue weighted by Crippen LogP contribution is 2.45. The van der Waals surface area contributed by atoms with Crippen LogP contribution in [0, 0.1) is 6.92 Å². The number of nitrogens with one attached hydrogen (secondary N) is 2. The van der Waals surface area contributed by atoms with Crippen molar-refractivity contribution < 1.29 is 4.74 Å². The number of nitrogens with zero attached hydrogens (tertiary/aromatic N) is 5. The van der Waals surface area contributed by atoms with E-state index in [9.17, 15) is 0 Å². The molecule has 0 bridgehead atoms. The van der Waals surface area contributed by atoms with Gasteiger partial charge in [-0.15, -0.1) is 0 Å². The van der Waals surface area contributed by atoms with Crippen LogP contribution in [-0.4, -0.2) is 31.6 Å². The molecular formula is C26H23N7O. The van der Waals surface area contributed by atoms with Crippen LogP contribution in [0.1, 0.15) is 11.3 Å². The first-order valence-corrected chi connectivity index (χ1v) is 11.1. The molecular weight excluding hydrogens is 426 g/mol. The maximum Gasteiger partial charge on any atom is 0.322 e. The zero-order chi connectivity index (χ0) is 23.2. The molecule has 2 N–H and O–H groups in total. The quantitative estimate of drug-likeness (QED) is 0.392. The molecule has 8 heteroatoms. The predicted molar refractivity (Wildman–Crippen MR) is 133 cm³/mol. The van der Waals surface area contributed by atoms with E-state index in [-0.39, 0.29) is 0 Å². The maximum absolute atomic E-state index is 5.97. The van der Waals surface area contributed by atoms with Crippen LogP contribution in [-0.2, 0) is 13.6 Å².